The van der Waals surface area contributed by atoms with Gasteiger partial charge in [-0.05, 0) is 31.9 Å². The minimum atomic E-state index is -0.458. The van der Waals surface area contributed by atoms with Crippen LogP contribution < -0.4 is 10.9 Å². The normalized spacial score (nSPS) is 12.0. The molecule has 0 spiro atoms. The Hall–Kier alpha value is -3.22. The maximum Gasteiger partial charge on any atom is 0.279 e. The van der Waals surface area contributed by atoms with E-state index < -0.39 is 11.5 Å². The zero-order chi connectivity index (χ0) is 18.8. The van der Waals surface area contributed by atoms with Crippen LogP contribution in [0.1, 0.15) is 40.1 Å². The van der Waals surface area contributed by atoms with Crippen molar-refractivity contribution in [1.29, 1.82) is 0 Å². The summed E-state index contributed by atoms with van der Waals surface area (Å²) in [6.07, 6.45) is 3.33. The number of anilines is 1. The number of hydrogen-bond acceptors (Lipinski definition) is 4. The molecule has 0 saturated carbocycles. The fourth-order valence-corrected chi connectivity index (χ4v) is 2.81. The molecule has 0 radical (unpaired) electrons. The van der Waals surface area contributed by atoms with Crippen molar-refractivity contribution in [2.45, 2.75) is 26.8 Å². The van der Waals surface area contributed by atoms with Gasteiger partial charge in [0.25, 0.3) is 11.5 Å². The number of nitrogens with one attached hydrogen (secondary N) is 1. The lowest BCUT2D eigenvalue weighted by Gasteiger charge is -2.12. The van der Waals surface area contributed by atoms with Crippen molar-refractivity contribution in [3.63, 3.8) is 0 Å². The van der Waals surface area contributed by atoms with Crippen molar-refractivity contribution in [1.82, 2.24) is 19.6 Å². The van der Waals surface area contributed by atoms with Crippen LogP contribution in [0.2, 0.25) is 0 Å². The second-order valence-electron chi connectivity index (χ2n) is 6.26. The maximum absolute atomic E-state index is 12.6. The van der Waals surface area contributed by atoms with E-state index in [-0.39, 0.29) is 11.6 Å². The Balaban J connectivity index is 1.84. The number of aryl methyl sites for hydroxylation is 2. The topological polar surface area (TPSA) is 81.8 Å². The third-order valence-electron chi connectivity index (χ3n) is 4.49. The van der Waals surface area contributed by atoms with E-state index in [2.05, 4.69) is 15.5 Å². The molecule has 7 heteroatoms. The van der Waals surface area contributed by atoms with Crippen LogP contribution in [0.5, 0.6) is 0 Å². The van der Waals surface area contributed by atoms with Crippen LogP contribution in [-0.2, 0) is 7.05 Å². The average molecular weight is 351 g/mol. The average Bonchev–Trinajstić information content (AvgIpc) is 3.09. The highest BCUT2D eigenvalue weighted by atomic mass is 16.2. The van der Waals surface area contributed by atoms with Gasteiger partial charge >= 0.3 is 0 Å². The van der Waals surface area contributed by atoms with Gasteiger partial charge in [-0.1, -0.05) is 30.3 Å². The second-order valence-corrected chi connectivity index (χ2v) is 6.26. The van der Waals surface area contributed by atoms with Crippen molar-refractivity contribution in [2.75, 3.05) is 5.32 Å². The van der Waals surface area contributed by atoms with E-state index in [4.69, 9.17) is 0 Å². The lowest BCUT2D eigenvalue weighted by molar-refractivity contribution is 0.102. The molecular weight excluding hydrogens is 330 g/mol. The second kappa shape index (κ2) is 6.95. The van der Waals surface area contributed by atoms with E-state index in [1.165, 1.54) is 11.7 Å². The highest BCUT2D eigenvalue weighted by molar-refractivity contribution is 6.04. The van der Waals surface area contributed by atoms with Gasteiger partial charge in [-0.15, -0.1) is 0 Å². The van der Waals surface area contributed by atoms with Crippen LogP contribution in [0.3, 0.4) is 0 Å². The van der Waals surface area contributed by atoms with Crippen LogP contribution in [0.4, 0.5) is 5.69 Å². The summed E-state index contributed by atoms with van der Waals surface area (Å²) in [6, 6.07) is 9.99. The van der Waals surface area contributed by atoms with Gasteiger partial charge in [0.15, 0.2) is 0 Å². The summed E-state index contributed by atoms with van der Waals surface area (Å²) < 4.78 is 2.95. The molecule has 134 valence electrons. The molecule has 0 bridgehead atoms. The summed E-state index contributed by atoms with van der Waals surface area (Å²) in [6.45, 7) is 5.52. The van der Waals surface area contributed by atoms with Gasteiger partial charge in [-0.2, -0.15) is 10.2 Å². The Bertz CT molecular complexity index is 1000. The number of rotatable bonds is 4. The molecule has 0 aliphatic rings. The minimum Gasteiger partial charge on any atom is -0.319 e. The molecule has 1 amide bonds. The summed E-state index contributed by atoms with van der Waals surface area (Å²) >= 11 is 0. The van der Waals surface area contributed by atoms with E-state index in [9.17, 15) is 9.59 Å². The number of carbonyl (C=O) groups excluding carboxylic acids is 1. The summed E-state index contributed by atoms with van der Waals surface area (Å²) in [5.41, 5.74) is 2.55. The van der Waals surface area contributed by atoms with E-state index >= 15 is 0 Å². The van der Waals surface area contributed by atoms with E-state index in [1.54, 1.807) is 30.9 Å². The Morgan fingerprint density at radius 3 is 2.58 bits per heavy atom. The molecule has 0 fully saturated rings. The molecule has 1 aromatic carbocycles. The maximum atomic E-state index is 12.6. The van der Waals surface area contributed by atoms with Gasteiger partial charge in [0.05, 0.1) is 23.6 Å². The van der Waals surface area contributed by atoms with Crippen molar-refractivity contribution in [3.05, 3.63) is 75.5 Å². The molecule has 3 aromatic rings. The predicted molar refractivity (Wildman–Crippen MR) is 99.4 cm³/mol. The number of aromatic nitrogens is 4. The van der Waals surface area contributed by atoms with Crippen molar-refractivity contribution >= 4 is 11.6 Å². The van der Waals surface area contributed by atoms with Crippen LogP contribution >= 0.6 is 0 Å². The smallest absolute Gasteiger partial charge is 0.279 e. The highest BCUT2D eigenvalue weighted by Gasteiger charge is 2.19. The lowest BCUT2D eigenvalue weighted by Crippen LogP contribution is -2.31. The highest BCUT2D eigenvalue weighted by Crippen LogP contribution is 2.19. The van der Waals surface area contributed by atoms with Gasteiger partial charge < -0.3 is 5.32 Å². The fraction of sp³-hybridized carbons (Fsp3) is 0.263. The first kappa shape index (κ1) is 17.6. The van der Waals surface area contributed by atoms with E-state index in [1.807, 2.05) is 37.3 Å². The third kappa shape index (κ3) is 3.28. The minimum absolute atomic E-state index is 0.0274. The van der Waals surface area contributed by atoms with Gasteiger partial charge in [-0.25, -0.2) is 4.68 Å². The van der Waals surface area contributed by atoms with Gasteiger partial charge in [0, 0.05) is 13.2 Å². The molecule has 0 aliphatic carbocycles. The number of hydrogen-bond donors (Lipinski definition) is 1. The SMILES string of the molecule is Cc1nn(C)c(=O)c(C(=O)Nc2cnn(C(C)c3ccccc3)c2)c1C. The molecule has 7 nitrogen and oxygen atoms in total. The monoisotopic (exact) mass is 351 g/mol. The molecule has 3 rings (SSSR count). The molecule has 1 unspecified atom stereocenters. The first-order chi connectivity index (χ1) is 12.4. The number of carbonyl (C=O) groups is 1. The van der Waals surface area contributed by atoms with Crippen molar-refractivity contribution in [3.8, 4) is 0 Å². The molecule has 1 N–H and O–H groups in total. The summed E-state index contributed by atoms with van der Waals surface area (Å²) in [5, 5.41) is 11.2. The largest absolute Gasteiger partial charge is 0.319 e. The summed E-state index contributed by atoms with van der Waals surface area (Å²) in [7, 11) is 1.53. The predicted octanol–water partition coefficient (Wildman–Crippen LogP) is 2.46. The fourth-order valence-electron chi connectivity index (χ4n) is 2.81. The molecule has 0 aliphatic heterocycles. The third-order valence-corrected chi connectivity index (χ3v) is 4.49. The number of benzene rings is 1. The van der Waals surface area contributed by atoms with Crippen LogP contribution in [-0.4, -0.2) is 25.5 Å². The molecule has 1 atom stereocenters. The Morgan fingerprint density at radius 1 is 1.19 bits per heavy atom. The zero-order valence-electron chi connectivity index (χ0n) is 15.2. The van der Waals surface area contributed by atoms with Gasteiger partial charge in [0.1, 0.15) is 5.56 Å². The van der Waals surface area contributed by atoms with E-state index in [0.717, 1.165) is 5.56 Å². The molecule has 2 aromatic heterocycles. The standard InChI is InChI=1S/C19H21N5O2/c1-12-13(2)22-23(4)19(26)17(12)18(25)21-16-10-20-24(11-16)14(3)15-8-6-5-7-9-15/h5-11,14H,1-4H3,(H,21,25). The van der Waals surface area contributed by atoms with Crippen LogP contribution in [0.25, 0.3) is 0 Å². The summed E-state index contributed by atoms with van der Waals surface area (Å²) in [4.78, 5) is 24.9. The Morgan fingerprint density at radius 2 is 1.88 bits per heavy atom. The first-order valence-electron chi connectivity index (χ1n) is 8.33. The zero-order valence-corrected chi connectivity index (χ0v) is 15.2. The van der Waals surface area contributed by atoms with Crippen molar-refractivity contribution in [2.24, 2.45) is 7.05 Å². The van der Waals surface area contributed by atoms with E-state index in [0.29, 0.717) is 16.9 Å². The number of nitrogens with zero attached hydrogens (tertiary/aromatic N) is 4. The van der Waals surface area contributed by atoms with Gasteiger partial charge in [0.2, 0.25) is 0 Å². The lowest BCUT2D eigenvalue weighted by atomic mass is 10.1. The summed E-state index contributed by atoms with van der Waals surface area (Å²) in [5.74, 6) is -0.458. The van der Waals surface area contributed by atoms with Crippen molar-refractivity contribution < 1.29 is 4.79 Å². The molecule has 2 heterocycles. The van der Waals surface area contributed by atoms with Gasteiger partial charge in [-0.3, -0.25) is 14.3 Å². The van der Waals surface area contributed by atoms with Crippen LogP contribution in [0.15, 0.2) is 47.5 Å². The molecular formula is C19H21N5O2. The molecule has 26 heavy (non-hydrogen) atoms. The van der Waals surface area contributed by atoms with Crippen LogP contribution in [0, 0.1) is 13.8 Å². The Kier molecular flexibility index (Phi) is 4.71. The first-order valence-corrected chi connectivity index (χ1v) is 8.33. The Labute approximate surface area is 151 Å². The quantitative estimate of drug-likeness (QED) is 0.783. The number of amides is 1. The molecule has 0 saturated heterocycles.